The molecule has 3 rings (SSSR count). The first kappa shape index (κ1) is 18.7. The van der Waals surface area contributed by atoms with Crippen molar-refractivity contribution in [3.8, 4) is 11.1 Å². The van der Waals surface area contributed by atoms with Crippen LogP contribution in [0.3, 0.4) is 0 Å². The monoisotopic (exact) mass is 355 g/mol. The van der Waals surface area contributed by atoms with Crippen molar-refractivity contribution in [1.82, 2.24) is 4.90 Å². The van der Waals surface area contributed by atoms with E-state index in [4.69, 9.17) is 0 Å². The Morgan fingerprint density at radius 1 is 0.952 bits per heavy atom. The Balaban J connectivity index is 0.00000110. The fourth-order valence-corrected chi connectivity index (χ4v) is 5.05. The second-order valence-electron chi connectivity index (χ2n) is 5.40. The quantitative estimate of drug-likeness (QED) is 0.450. The van der Waals surface area contributed by atoms with Gasteiger partial charge in [0.1, 0.15) is 0 Å². The maximum Gasteiger partial charge on any atom is -1.00 e. The molecule has 110 valence electrons. The topological polar surface area (TPSA) is 3.24 Å². The molecule has 0 radical (unpaired) electrons. The van der Waals surface area contributed by atoms with Crippen LogP contribution in [0.25, 0.3) is 11.1 Å². The average Bonchev–Trinajstić information content (AvgIpc) is 2.78. The number of benzene rings is 2. The van der Waals surface area contributed by atoms with Crippen LogP contribution in [0.4, 0.5) is 0 Å². The molecule has 0 bridgehead atoms. The zero-order chi connectivity index (χ0) is 13.2. The Labute approximate surface area is 148 Å². The summed E-state index contributed by atoms with van der Waals surface area (Å²) < 4.78 is 3.02. The van der Waals surface area contributed by atoms with E-state index < -0.39 is 0 Å². The van der Waals surface area contributed by atoms with E-state index in [1.54, 1.807) is 9.43 Å². The molecule has 0 atom stereocenters. The first-order valence-electron chi connectivity index (χ1n) is 6.84. The van der Waals surface area contributed by atoms with Gasteiger partial charge in [-0.1, -0.05) is 0 Å². The number of hydrogen-bond donors (Lipinski definition) is 0. The molecule has 2 aromatic carbocycles. The minimum absolute atomic E-state index is 0. The van der Waals surface area contributed by atoms with E-state index in [-0.39, 0.29) is 44.0 Å². The second kappa shape index (κ2) is 8.36. The van der Waals surface area contributed by atoms with Crippen molar-refractivity contribution in [1.29, 1.82) is 0 Å². The zero-order valence-corrected chi connectivity index (χ0v) is 15.4. The van der Waals surface area contributed by atoms with Gasteiger partial charge < -0.3 is 24.8 Å². The molecule has 1 aliphatic rings. The van der Waals surface area contributed by atoms with Gasteiger partial charge in [-0.25, -0.2) is 0 Å². The van der Waals surface area contributed by atoms with Gasteiger partial charge in [-0.3, -0.25) is 0 Å². The van der Waals surface area contributed by atoms with E-state index in [0.29, 0.717) is 0 Å². The van der Waals surface area contributed by atoms with E-state index in [1.165, 1.54) is 28.0 Å². The number of fused-ring (bicyclic) bond motifs is 3. The molecule has 4 heteroatoms. The van der Waals surface area contributed by atoms with Gasteiger partial charge in [0.25, 0.3) is 0 Å². The third-order valence-corrected chi connectivity index (χ3v) is 5.79. The van der Waals surface area contributed by atoms with E-state index in [9.17, 15) is 0 Å². The normalized spacial score (nSPS) is 11.0. The number of rotatable bonds is 4. The Kier molecular flexibility index (Phi) is 7.46. The van der Waals surface area contributed by atoms with Gasteiger partial charge >= 0.3 is 124 Å². The molecule has 1 nitrogen and oxygen atoms in total. The second-order valence-corrected chi connectivity index (χ2v) is 7.57. The van der Waals surface area contributed by atoms with Gasteiger partial charge in [0.15, 0.2) is 0 Å². The summed E-state index contributed by atoms with van der Waals surface area (Å²) in [5.74, 6) is 0. The predicted octanol–water partition coefficient (Wildman–Crippen LogP) is -3.05. The van der Waals surface area contributed by atoms with Crippen molar-refractivity contribution in [2.45, 2.75) is 11.1 Å². The zero-order valence-electron chi connectivity index (χ0n) is 12.4. The molecule has 0 fully saturated rings. The van der Waals surface area contributed by atoms with Gasteiger partial charge in [-0.05, 0) is 0 Å². The number of nitrogens with zero attached hydrogens (tertiary/aromatic N) is 1. The summed E-state index contributed by atoms with van der Waals surface area (Å²) in [6, 6.07) is 15.8. The number of hydrogen-bond acceptors (Lipinski definition) is 1. The van der Waals surface area contributed by atoms with E-state index >= 15 is 0 Å². The standard InChI is InChI=1S/C13H9.C4H10N.2ClH.Ti/c1-3-7-12-10(5-1)9-11-6-2-4-8-13(11)12;1-4-5(2)3;;;/h1-5,7-8H,9H2;1,4H2,2-3H3;2*1H;/q;;;;+2/p-2. The third kappa shape index (κ3) is 4.12. The van der Waals surface area contributed by atoms with E-state index in [2.05, 4.69) is 61.5 Å². The van der Waals surface area contributed by atoms with Crippen LogP contribution in [-0.4, -0.2) is 25.5 Å². The molecule has 0 spiro atoms. The molecule has 0 amide bonds. The van der Waals surface area contributed by atoms with Crippen molar-refractivity contribution >= 4 is 3.87 Å². The molecule has 0 N–H and O–H groups in total. The summed E-state index contributed by atoms with van der Waals surface area (Å²) in [6.07, 6.45) is 1.15. The first-order chi connectivity index (χ1) is 9.25. The van der Waals surface area contributed by atoms with Crippen molar-refractivity contribution < 1.29 is 44.0 Å². The van der Waals surface area contributed by atoms with Crippen molar-refractivity contribution in [2.75, 3.05) is 20.6 Å². The van der Waals surface area contributed by atoms with Gasteiger partial charge in [0.2, 0.25) is 0 Å². The molecular weight excluding hydrogens is 337 g/mol. The van der Waals surface area contributed by atoms with Crippen molar-refractivity contribution in [3.63, 3.8) is 0 Å². The van der Waals surface area contributed by atoms with Crippen LogP contribution < -0.4 is 28.7 Å². The molecular formula is C17H19Cl2NTi. The van der Waals surface area contributed by atoms with Crippen molar-refractivity contribution in [2.24, 2.45) is 0 Å². The van der Waals surface area contributed by atoms with Gasteiger partial charge in [0.05, 0.1) is 0 Å². The largest absolute Gasteiger partial charge is 1.00 e. The van der Waals surface area contributed by atoms with Crippen LogP contribution in [0.2, 0.25) is 4.73 Å². The average molecular weight is 356 g/mol. The molecule has 0 aliphatic heterocycles. The summed E-state index contributed by atoms with van der Waals surface area (Å²) in [5.41, 5.74) is 6.06. The Morgan fingerprint density at radius 3 is 2.43 bits per heavy atom. The molecule has 21 heavy (non-hydrogen) atoms. The summed E-state index contributed by atoms with van der Waals surface area (Å²) in [6.45, 7) is 1.22. The van der Waals surface area contributed by atoms with Crippen LogP contribution in [0, 0.1) is 0 Å². The summed E-state index contributed by atoms with van der Waals surface area (Å²) in [5, 5.41) is 0. The maximum absolute atomic E-state index is 2.36. The summed E-state index contributed by atoms with van der Waals surface area (Å²) in [4.78, 5) is 2.29. The maximum atomic E-state index is 2.36. The minimum atomic E-state index is -0.0000293. The molecule has 0 aromatic heterocycles. The molecule has 0 saturated carbocycles. The summed E-state index contributed by atoms with van der Waals surface area (Å²) in [7, 11) is 4.33. The fraction of sp³-hybridized carbons (Fsp3) is 0.294. The Hall–Kier alpha value is -0.306. The SMILES string of the molecule is CN(C)C[CH2][Ti+2][c]1cccc2c1Cc1ccccc1-2.[Cl-].[Cl-]. The van der Waals surface area contributed by atoms with Crippen LogP contribution in [0.5, 0.6) is 0 Å². The van der Waals surface area contributed by atoms with Crippen LogP contribution in [0.1, 0.15) is 11.1 Å². The Morgan fingerprint density at radius 2 is 1.67 bits per heavy atom. The van der Waals surface area contributed by atoms with Gasteiger partial charge in [-0.2, -0.15) is 0 Å². The third-order valence-electron chi connectivity index (χ3n) is 3.73. The molecule has 1 aliphatic carbocycles. The fourth-order valence-electron chi connectivity index (χ4n) is 2.74. The first-order valence-corrected chi connectivity index (χ1v) is 8.73. The molecule has 0 unspecified atom stereocenters. The minimum Gasteiger partial charge on any atom is -1.00 e. The number of halogens is 2. The van der Waals surface area contributed by atoms with Gasteiger partial charge in [0, 0.05) is 0 Å². The van der Waals surface area contributed by atoms with Crippen LogP contribution >= 0.6 is 0 Å². The van der Waals surface area contributed by atoms with Crippen LogP contribution in [-0.2, 0) is 25.6 Å². The molecule has 0 saturated heterocycles. The van der Waals surface area contributed by atoms with Gasteiger partial charge in [-0.15, -0.1) is 0 Å². The molecule has 0 heterocycles. The van der Waals surface area contributed by atoms with Crippen molar-refractivity contribution in [3.05, 3.63) is 53.6 Å². The predicted molar refractivity (Wildman–Crippen MR) is 77.7 cm³/mol. The van der Waals surface area contributed by atoms with E-state index in [0.717, 1.165) is 6.42 Å². The van der Waals surface area contributed by atoms with E-state index in [1.807, 2.05) is 0 Å². The Bertz CT molecular complexity index is 599. The van der Waals surface area contributed by atoms with Crippen LogP contribution in [0.15, 0.2) is 42.5 Å². The summed E-state index contributed by atoms with van der Waals surface area (Å²) >= 11 is -0.0000293. The molecule has 2 aromatic rings. The smallest absolute Gasteiger partial charge is 1.00 e.